The van der Waals surface area contributed by atoms with E-state index in [1.807, 2.05) is 6.92 Å². The number of rotatable bonds is 7. The zero-order chi connectivity index (χ0) is 12.7. The van der Waals surface area contributed by atoms with Crippen LogP contribution in [0.5, 0.6) is 0 Å². The lowest BCUT2D eigenvalue weighted by molar-refractivity contribution is -0.151. The monoisotopic (exact) mass is 245 g/mol. The molecule has 0 spiro atoms. The van der Waals surface area contributed by atoms with Crippen LogP contribution in [0.1, 0.15) is 26.2 Å². The van der Waals surface area contributed by atoms with Crippen molar-refractivity contribution in [2.45, 2.75) is 38.4 Å². The van der Waals surface area contributed by atoms with E-state index in [0.29, 0.717) is 32.6 Å². The van der Waals surface area contributed by atoms with Gasteiger partial charge in [-0.05, 0) is 26.2 Å². The third kappa shape index (κ3) is 4.70. The quantitative estimate of drug-likeness (QED) is 0.624. The highest BCUT2D eigenvalue weighted by Crippen LogP contribution is 2.19. The highest BCUT2D eigenvalue weighted by atomic mass is 16.5. The molecular formula is C11H19NO5. The highest BCUT2D eigenvalue weighted by Gasteiger charge is 2.34. The number of carboxylic acid groups (broad SMARTS) is 1. The summed E-state index contributed by atoms with van der Waals surface area (Å²) in [6.07, 6.45) is 0.146. The van der Waals surface area contributed by atoms with Crippen molar-refractivity contribution >= 4 is 11.9 Å². The zero-order valence-corrected chi connectivity index (χ0v) is 9.98. The second kappa shape index (κ2) is 7.24. The Balaban J connectivity index is 2.14. The zero-order valence-electron chi connectivity index (χ0n) is 9.98. The summed E-state index contributed by atoms with van der Waals surface area (Å²) in [5, 5.41) is 11.4. The summed E-state index contributed by atoms with van der Waals surface area (Å²) >= 11 is 0. The van der Waals surface area contributed by atoms with Gasteiger partial charge in [0.05, 0.1) is 0 Å². The normalized spacial score (nSPS) is 23.6. The number of aliphatic carboxylic acids is 1. The van der Waals surface area contributed by atoms with Gasteiger partial charge in [0.15, 0.2) is 6.10 Å². The van der Waals surface area contributed by atoms with E-state index in [9.17, 15) is 9.59 Å². The molecule has 0 aliphatic carbocycles. The molecular weight excluding hydrogens is 226 g/mol. The fourth-order valence-electron chi connectivity index (χ4n) is 1.66. The van der Waals surface area contributed by atoms with Crippen molar-refractivity contribution in [3.05, 3.63) is 0 Å². The van der Waals surface area contributed by atoms with Crippen molar-refractivity contribution in [3.8, 4) is 0 Å². The molecule has 6 nitrogen and oxygen atoms in total. The van der Waals surface area contributed by atoms with Gasteiger partial charge in [-0.25, -0.2) is 4.79 Å². The van der Waals surface area contributed by atoms with E-state index in [0.717, 1.165) is 6.42 Å². The second-order valence-electron chi connectivity index (χ2n) is 3.87. The van der Waals surface area contributed by atoms with Gasteiger partial charge in [-0.15, -0.1) is 0 Å². The number of carbonyl (C=O) groups excluding carboxylic acids is 1. The van der Waals surface area contributed by atoms with Crippen LogP contribution in [0.15, 0.2) is 0 Å². The number of carboxylic acids is 1. The van der Waals surface area contributed by atoms with Gasteiger partial charge in [0.1, 0.15) is 6.10 Å². The molecule has 6 heteroatoms. The van der Waals surface area contributed by atoms with E-state index in [-0.39, 0.29) is 5.91 Å². The minimum Gasteiger partial charge on any atom is -0.479 e. The minimum absolute atomic E-state index is 0.231. The number of carbonyl (C=O) groups is 2. The highest BCUT2D eigenvalue weighted by molar-refractivity contribution is 5.82. The number of ether oxygens (including phenoxy) is 2. The molecule has 1 fully saturated rings. The summed E-state index contributed by atoms with van der Waals surface area (Å²) < 4.78 is 10.2. The van der Waals surface area contributed by atoms with Gasteiger partial charge in [-0.1, -0.05) is 0 Å². The van der Waals surface area contributed by atoms with Gasteiger partial charge in [0.25, 0.3) is 0 Å². The van der Waals surface area contributed by atoms with Crippen LogP contribution >= 0.6 is 0 Å². The summed E-state index contributed by atoms with van der Waals surface area (Å²) in [6, 6.07) is 0. The van der Waals surface area contributed by atoms with E-state index < -0.39 is 18.2 Å². The average molecular weight is 245 g/mol. The molecule has 0 aromatic heterocycles. The Morgan fingerprint density at radius 1 is 1.41 bits per heavy atom. The number of nitrogens with one attached hydrogen (secondary N) is 1. The van der Waals surface area contributed by atoms with Gasteiger partial charge in [0, 0.05) is 19.8 Å². The Morgan fingerprint density at radius 3 is 2.71 bits per heavy atom. The van der Waals surface area contributed by atoms with Crippen LogP contribution in [-0.4, -0.2) is 48.9 Å². The minimum atomic E-state index is -1.00. The Bertz CT molecular complexity index is 269. The molecule has 17 heavy (non-hydrogen) atoms. The van der Waals surface area contributed by atoms with Gasteiger partial charge >= 0.3 is 5.97 Å². The average Bonchev–Trinajstić information content (AvgIpc) is 2.78. The fraction of sp³-hybridized carbons (Fsp3) is 0.818. The number of amides is 1. The molecule has 1 amide bonds. The molecule has 0 aromatic carbocycles. The molecule has 2 N–H and O–H groups in total. The van der Waals surface area contributed by atoms with Gasteiger partial charge in [-0.3, -0.25) is 4.79 Å². The van der Waals surface area contributed by atoms with E-state index in [2.05, 4.69) is 5.32 Å². The maximum atomic E-state index is 11.6. The first-order chi connectivity index (χ1) is 8.15. The lowest BCUT2D eigenvalue weighted by Crippen LogP contribution is -2.36. The first-order valence-electron chi connectivity index (χ1n) is 5.89. The summed E-state index contributed by atoms with van der Waals surface area (Å²) in [5.41, 5.74) is 0. The molecule has 1 rings (SSSR count). The summed E-state index contributed by atoms with van der Waals surface area (Å²) in [7, 11) is 0. The van der Waals surface area contributed by atoms with E-state index in [1.54, 1.807) is 0 Å². The smallest absolute Gasteiger partial charge is 0.332 e. The number of hydrogen-bond acceptors (Lipinski definition) is 4. The maximum absolute atomic E-state index is 11.6. The lowest BCUT2D eigenvalue weighted by atomic mass is 10.2. The Hall–Kier alpha value is -1.14. The SMILES string of the molecule is CCOCCCNC(=O)C1CCC(C(=O)O)O1. The van der Waals surface area contributed by atoms with Crippen molar-refractivity contribution in [2.75, 3.05) is 19.8 Å². The van der Waals surface area contributed by atoms with Crippen LogP contribution in [-0.2, 0) is 19.1 Å². The van der Waals surface area contributed by atoms with Gasteiger partial charge in [-0.2, -0.15) is 0 Å². The van der Waals surface area contributed by atoms with Crippen molar-refractivity contribution in [3.63, 3.8) is 0 Å². The molecule has 98 valence electrons. The van der Waals surface area contributed by atoms with E-state index >= 15 is 0 Å². The van der Waals surface area contributed by atoms with E-state index in [4.69, 9.17) is 14.6 Å². The molecule has 1 aliphatic heterocycles. The van der Waals surface area contributed by atoms with Crippen molar-refractivity contribution in [2.24, 2.45) is 0 Å². The number of hydrogen-bond donors (Lipinski definition) is 2. The van der Waals surface area contributed by atoms with Gasteiger partial charge < -0.3 is 19.9 Å². The molecule has 2 unspecified atom stereocenters. The predicted octanol–water partition coefficient (Wildman–Crippen LogP) is 0.161. The molecule has 1 heterocycles. The molecule has 0 aromatic rings. The van der Waals surface area contributed by atoms with Crippen molar-refractivity contribution in [1.29, 1.82) is 0 Å². The third-order valence-corrected chi connectivity index (χ3v) is 2.56. The Kier molecular flexibility index (Phi) is 5.93. The largest absolute Gasteiger partial charge is 0.479 e. The van der Waals surface area contributed by atoms with Crippen LogP contribution in [0, 0.1) is 0 Å². The first kappa shape index (κ1) is 13.9. The first-order valence-corrected chi connectivity index (χ1v) is 5.89. The molecule has 0 radical (unpaired) electrons. The summed E-state index contributed by atoms with van der Waals surface area (Å²) in [6.45, 7) is 3.72. The molecule has 0 saturated carbocycles. The fourth-order valence-corrected chi connectivity index (χ4v) is 1.66. The standard InChI is InChI=1S/C11H19NO5/c1-2-16-7-3-6-12-10(13)8-4-5-9(17-8)11(14)15/h8-9H,2-7H2,1H3,(H,12,13)(H,14,15). The summed E-state index contributed by atoms with van der Waals surface area (Å²) in [5.74, 6) is -1.23. The molecule has 2 atom stereocenters. The molecule has 1 aliphatic rings. The lowest BCUT2D eigenvalue weighted by Gasteiger charge is -2.11. The maximum Gasteiger partial charge on any atom is 0.332 e. The molecule has 0 bridgehead atoms. The summed E-state index contributed by atoms with van der Waals surface area (Å²) in [4.78, 5) is 22.2. The van der Waals surface area contributed by atoms with Crippen LogP contribution in [0.2, 0.25) is 0 Å². The van der Waals surface area contributed by atoms with Crippen LogP contribution in [0.3, 0.4) is 0 Å². The predicted molar refractivity (Wildman–Crippen MR) is 59.7 cm³/mol. The van der Waals surface area contributed by atoms with Crippen molar-refractivity contribution < 1.29 is 24.2 Å². The Morgan fingerprint density at radius 2 is 2.12 bits per heavy atom. The third-order valence-electron chi connectivity index (χ3n) is 2.56. The second-order valence-corrected chi connectivity index (χ2v) is 3.87. The van der Waals surface area contributed by atoms with Crippen LogP contribution in [0.25, 0.3) is 0 Å². The van der Waals surface area contributed by atoms with Gasteiger partial charge in [0.2, 0.25) is 5.91 Å². The van der Waals surface area contributed by atoms with Crippen LogP contribution in [0.4, 0.5) is 0 Å². The Labute approximate surface area is 100 Å². The van der Waals surface area contributed by atoms with Crippen molar-refractivity contribution in [1.82, 2.24) is 5.32 Å². The molecule has 1 saturated heterocycles. The van der Waals surface area contributed by atoms with Crippen LogP contribution < -0.4 is 5.32 Å². The van der Waals surface area contributed by atoms with E-state index in [1.165, 1.54) is 0 Å². The topological polar surface area (TPSA) is 84.9 Å².